The van der Waals surface area contributed by atoms with Crippen molar-refractivity contribution >= 4 is 12.1 Å². The van der Waals surface area contributed by atoms with Crippen molar-refractivity contribution in [3.05, 3.63) is 23.7 Å². The van der Waals surface area contributed by atoms with E-state index in [2.05, 4.69) is 0 Å². The van der Waals surface area contributed by atoms with Crippen LogP contribution in [0.25, 0.3) is 0 Å². The highest BCUT2D eigenvalue weighted by atomic mass is 16.3. The van der Waals surface area contributed by atoms with E-state index in [1.165, 1.54) is 12.3 Å². The van der Waals surface area contributed by atoms with Crippen molar-refractivity contribution in [2.24, 2.45) is 0 Å². The number of carbonyl (C=O) groups is 2. The average Bonchev–Trinajstić information content (AvgIpc) is 2.50. The van der Waals surface area contributed by atoms with Crippen LogP contribution in [0.5, 0.6) is 0 Å². The highest BCUT2D eigenvalue weighted by Gasteiger charge is 2.10. The predicted molar refractivity (Wildman–Crippen MR) is 38.7 cm³/mol. The number of Topliss-reactive ketones (excluding diaryl/α,β-unsaturated/α-hetero) is 1. The van der Waals surface area contributed by atoms with Crippen LogP contribution in [-0.2, 0) is 0 Å². The molecular weight excluding hydrogens is 144 g/mol. The van der Waals surface area contributed by atoms with Gasteiger partial charge in [-0.25, -0.2) is 0 Å². The minimum absolute atomic E-state index is 0.0687. The van der Waals surface area contributed by atoms with Crippen LogP contribution in [0.1, 0.15) is 34.3 Å². The summed E-state index contributed by atoms with van der Waals surface area (Å²) >= 11 is 0. The van der Waals surface area contributed by atoms with Gasteiger partial charge in [0, 0.05) is 6.42 Å². The second-order valence-corrected chi connectivity index (χ2v) is 2.09. The number of hydrogen-bond acceptors (Lipinski definition) is 3. The van der Waals surface area contributed by atoms with Gasteiger partial charge < -0.3 is 4.42 Å². The van der Waals surface area contributed by atoms with E-state index >= 15 is 0 Å². The van der Waals surface area contributed by atoms with Crippen molar-refractivity contribution in [3.8, 4) is 0 Å². The first-order valence-electron chi connectivity index (χ1n) is 3.35. The van der Waals surface area contributed by atoms with Crippen molar-refractivity contribution < 1.29 is 14.0 Å². The molecule has 0 bridgehead atoms. The first kappa shape index (κ1) is 7.72. The van der Waals surface area contributed by atoms with Crippen LogP contribution in [0.2, 0.25) is 0 Å². The van der Waals surface area contributed by atoms with Crippen molar-refractivity contribution in [2.45, 2.75) is 13.3 Å². The van der Waals surface area contributed by atoms with Crippen LogP contribution in [0.4, 0.5) is 0 Å². The van der Waals surface area contributed by atoms with Gasteiger partial charge in [0.05, 0.1) is 11.8 Å². The lowest BCUT2D eigenvalue weighted by Gasteiger charge is -1.90. The van der Waals surface area contributed by atoms with Gasteiger partial charge in [-0.2, -0.15) is 0 Å². The van der Waals surface area contributed by atoms with Gasteiger partial charge in [0.1, 0.15) is 0 Å². The van der Waals surface area contributed by atoms with E-state index in [9.17, 15) is 9.59 Å². The largest absolute Gasteiger partial charge is 0.461 e. The van der Waals surface area contributed by atoms with Crippen LogP contribution in [-0.4, -0.2) is 12.1 Å². The number of rotatable bonds is 3. The van der Waals surface area contributed by atoms with Crippen LogP contribution >= 0.6 is 0 Å². The number of carbonyl (C=O) groups excluding carboxylic acids is 2. The summed E-state index contributed by atoms with van der Waals surface area (Å²) in [5.41, 5.74) is 0.377. The smallest absolute Gasteiger partial charge is 0.186 e. The summed E-state index contributed by atoms with van der Waals surface area (Å²) in [7, 11) is 0. The molecule has 0 saturated carbocycles. The standard InChI is InChI=1S/C8H8O3/c1-2-7(10)6-3-4-11-8(6)5-9/h3-5H,2H2,1H3. The van der Waals surface area contributed by atoms with Gasteiger partial charge in [-0.05, 0) is 6.07 Å². The molecule has 0 amide bonds. The van der Waals surface area contributed by atoms with Crippen molar-refractivity contribution in [1.82, 2.24) is 0 Å². The number of furan rings is 1. The third-order valence-corrected chi connectivity index (χ3v) is 1.42. The molecule has 11 heavy (non-hydrogen) atoms. The Balaban J connectivity index is 3.01. The van der Waals surface area contributed by atoms with E-state index in [-0.39, 0.29) is 11.5 Å². The van der Waals surface area contributed by atoms with Gasteiger partial charge in [-0.15, -0.1) is 0 Å². The van der Waals surface area contributed by atoms with E-state index < -0.39 is 0 Å². The molecule has 0 aliphatic rings. The lowest BCUT2D eigenvalue weighted by molar-refractivity contribution is 0.0978. The fourth-order valence-corrected chi connectivity index (χ4v) is 0.833. The fraction of sp³-hybridized carbons (Fsp3) is 0.250. The second kappa shape index (κ2) is 3.14. The fourth-order valence-electron chi connectivity index (χ4n) is 0.833. The molecule has 0 fully saturated rings. The second-order valence-electron chi connectivity index (χ2n) is 2.09. The summed E-state index contributed by atoms with van der Waals surface area (Å²) in [4.78, 5) is 21.3. The van der Waals surface area contributed by atoms with E-state index in [4.69, 9.17) is 4.42 Å². The topological polar surface area (TPSA) is 47.3 Å². The zero-order chi connectivity index (χ0) is 8.27. The van der Waals surface area contributed by atoms with Crippen LogP contribution in [0.3, 0.4) is 0 Å². The van der Waals surface area contributed by atoms with Gasteiger partial charge in [-0.3, -0.25) is 9.59 Å². The molecule has 0 atom stereocenters. The molecule has 0 unspecified atom stereocenters. The lowest BCUT2D eigenvalue weighted by atomic mass is 10.1. The zero-order valence-electron chi connectivity index (χ0n) is 6.16. The Labute approximate surface area is 64.0 Å². The average molecular weight is 152 g/mol. The van der Waals surface area contributed by atoms with Gasteiger partial charge >= 0.3 is 0 Å². The minimum Gasteiger partial charge on any atom is -0.461 e. The summed E-state index contributed by atoms with van der Waals surface area (Å²) < 4.78 is 4.75. The van der Waals surface area contributed by atoms with Crippen molar-refractivity contribution in [3.63, 3.8) is 0 Å². The molecule has 0 N–H and O–H groups in total. The van der Waals surface area contributed by atoms with Crippen molar-refractivity contribution in [1.29, 1.82) is 0 Å². The Morgan fingerprint density at radius 1 is 1.73 bits per heavy atom. The first-order chi connectivity index (χ1) is 5.29. The monoisotopic (exact) mass is 152 g/mol. The minimum atomic E-state index is -0.0687. The molecule has 3 heteroatoms. The third-order valence-electron chi connectivity index (χ3n) is 1.42. The summed E-state index contributed by atoms with van der Waals surface area (Å²) in [6.07, 6.45) is 2.27. The summed E-state index contributed by atoms with van der Waals surface area (Å²) in [5.74, 6) is 0.0534. The maximum atomic E-state index is 11.0. The van der Waals surface area contributed by atoms with E-state index in [0.29, 0.717) is 18.3 Å². The Morgan fingerprint density at radius 2 is 2.45 bits per heavy atom. The Kier molecular flexibility index (Phi) is 2.21. The highest BCUT2D eigenvalue weighted by molar-refractivity contribution is 6.01. The summed E-state index contributed by atoms with van der Waals surface area (Å²) in [6, 6.07) is 1.51. The van der Waals surface area contributed by atoms with Gasteiger partial charge in [0.2, 0.25) is 0 Å². The molecule has 1 aromatic heterocycles. The molecule has 0 spiro atoms. The summed E-state index contributed by atoms with van der Waals surface area (Å²) in [5, 5.41) is 0. The predicted octanol–water partition coefficient (Wildman–Crippen LogP) is 1.68. The molecule has 3 nitrogen and oxygen atoms in total. The van der Waals surface area contributed by atoms with Gasteiger partial charge in [0.25, 0.3) is 0 Å². The molecule has 0 aliphatic carbocycles. The number of aldehydes is 1. The molecule has 58 valence electrons. The SMILES string of the molecule is CCC(=O)c1ccoc1C=O. The normalized spacial score (nSPS) is 9.55. The zero-order valence-corrected chi connectivity index (χ0v) is 6.16. The molecule has 0 aliphatic heterocycles. The van der Waals surface area contributed by atoms with Gasteiger partial charge in [-0.1, -0.05) is 6.92 Å². The van der Waals surface area contributed by atoms with Crippen LogP contribution in [0.15, 0.2) is 16.7 Å². The number of hydrogen-bond donors (Lipinski definition) is 0. The van der Waals surface area contributed by atoms with Crippen LogP contribution < -0.4 is 0 Å². The van der Waals surface area contributed by atoms with Crippen molar-refractivity contribution in [2.75, 3.05) is 0 Å². The first-order valence-corrected chi connectivity index (χ1v) is 3.35. The van der Waals surface area contributed by atoms with Crippen LogP contribution in [0, 0.1) is 0 Å². The molecule has 1 heterocycles. The highest BCUT2D eigenvalue weighted by Crippen LogP contribution is 2.09. The summed E-state index contributed by atoms with van der Waals surface area (Å²) in [6.45, 7) is 1.74. The van der Waals surface area contributed by atoms with E-state index in [1.807, 2.05) is 0 Å². The maximum Gasteiger partial charge on any atom is 0.186 e. The molecule has 1 aromatic rings. The number of ketones is 1. The Hall–Kier alpha value is -1.38. The van der Waals surface area contributed by atoms with E-state index in [0.717, 1.165) is 0 Å². The molecule has 0 saturated heterocycles. The molecular formula is C8H8O3. The lowest BCUT2D eigenvalue weighted by Crippen LogP contribution is -1.97. The molecule has 1 rings (SSSR count). The molecule has 0 radical (unpaired) electrons. The molecule has 0 aromatic carbocycles. The quantitative estimate of drug-likeness (QED) is 0.489. The van der Waals surface area contributed by atoms with E-state index in [1.54, 1.807) is 6.92 Å². The van der Waals surface area contributed by atoms with Gasteiger partial charge in [0.15, 0.2) is 17.8 Å². The third kappa shape index (κ3) is 1.37. The Bertz CT molecular complexity index is 273. The maximum absolute atomic E-state index is 11.0. The Morgan fingerprint density at radius 3 is 3.00 bits per heavy atom.